The van der Waals surface area contributed by atoms with Crippen LogP contribution in [-0.2, 0) is 0 Å². The van der Waals surface area contributed by atoms with Crippen LogP contribution in [0.25, 0.3) is 5.69 Å². The van der Waals surface area contributed by atoms with Gasteiger partial charge < -0.3 is 10.2 Å². The van der Waals surface area contributed by atoms with E-state index in [1.165, 1.54) is 6.33 Å². The van der Waals surface area contributed by atoms with E-state index < -0.39 is 0 Å². The van der Waals surface area contributed by atoms with Crippen molar-refractivity contribution < 1.29 is 4.79 Å². The molecule has 1 aliphatic rings. The molecule has 1 aromatic heterocycles. The highest BCUT2D eigenvalue weighted by Gasteiger charge is 2.23. The number of amides is 1. The van der Waals surface area contributed by atoms with Crippen LogP contribution in [0.4, 0.5) is 0 Å². The fraction of sp³-hybridized carbons (Fsp3) is 0.385. The normalized spacial score (nSPS) is 18.1. The number of hydrogen-bond acceptors (Lipinski definition) is 5. The Morgan fingerprint density at radius 2 is 2.10 bits per heavy atom. The van der Waals surface area contributed by atoms with E-state index in [-0.39, 0.29) is 24.4 Å². The molecule has 1 aliphatic heterocycles. The highest BCUT2D eigenvalue weighted by atomic mass is 35.5. The zero-order valence-corrected chi connectivity index (χ0v) is 12.5. The van der Waals surface area contributed by atoms with Crippen LogP contribution in [-0.4, -0.2) is 56.7 Å². The number of nitrogens with zero attached hydrogens (tertiary/aromatic N) is 5. The molecule has 0 bridgehead atoms. The van der Waals surface area contributed by atoms with Crippen LogP contribution in [0.3, 0.4) is 0 Å². The summed E-state index contributed by atoms with van der Waals surface area (Å²) in [5, 5.41) is 14.3. The lowest BCUT2D eigenvalue weighted by Crippen LogP contribution is -2.52. The Labute approximate surface area is 128 Å². The first-order valence-electron chi connectivity index (χ1n) is 6.61. The van der Waals surface area contributed by atoms with Gasteiger partial charge in [0.25, 0.3) is 5.91 Å². The molecule has 21 heavy (non-hydrogen) atoms. The summed E-state index contributed by atoms with van der Waals surface area (Å²) in [6.45, 7) is 4.49. The minimum atomic E-state index is 0. The van der Waals surface area contributed by atoms with E-state index in [2.05, 4.69) is 27.8 Å². The first kappa shape index (κ1) is 15.4. The Morgan fingerprint density at radius 3 is 2.71 bits per heavy atom. The van der Waals surface area contributed by atoms with Gasteiger partial charge >= 0.3 is 0 Å². The molecule has 2 heterocycles. The Balaban J connectivity index is 0.00000161. The summed E-state index contributed by atoms with van der Waals surface area (Å²) in [5.74, 6) is 0.0715. The maximum absolute atomic E-state index is 12.5. The highest BCUT2D eigenvalue weighted by Crippen LogP contribution is 2.13. The van der Waals surface area contributed by atoms with Gasteiger partial charge in [-0.25, -0.2) is 4.68 Å². The Hall–Kier alpha value is -1.99. The monoisotopic (exact) mass is 308 g/mol. The van der Waals surface area contributed by atoms with Gasteiger partial charge in [0.1, 0.15) is 6.33 Å². The predicted molar refractivity (Wildman–Crippen MR) is 79.8 cm³/mol. The molecule has 1 amide bonds. The summed E-state index contributed by atoms with van der Waals surface area (Å²) in [6, 6.07) is 7.53. The lowest BCUT2D eigenvalue weighted by molar-refractivity contribution is 0.0656. The van der Waals surface area contributed by atoms with Crippen molar-refractivity contribution in [3.05, 3.63) is 36.2 Å². The minimum absolute atomic E-state index is 0. The van der Waals surface area contributed by atoms with Gasteiger partial charge in [-0.2, -0.15) is 0 Å². The van der Waals surface area contributed by atoms with Crippen LogP contribution in [0.5, 0.6) is 0 Å². The second-order valence-corrected chi connectivity index (χ2v) is 4.85. The van der Waals surface area contributed by atoms with Gasteiger partial charge in [0.05, 0.1) is 5.69 Å². The molecule has 8 heteroatoms. The van der Waals surface area contributed by atoms with E-state index in [9.17, 15) is 4.79 Å². The number of nitrogens with one attached hydrogen (secondary N) is 1. The average molecular weight is 309 g/mol. The topological polar surface area (TPSA) is 75.9 Å². The molecule has 112 valence electrons. The number of carbonyl (C=O) groups is 1. The third-order valence-electron chi connectivity index (χ3n) is 3.49. The zero-order valence-electron chi connectivity index (χ0n) is 11.6. The predicted octanol–water partition coefficient (Wildman–Crippen LogP) is 0.518. The fourth-order valence-electron chi connectivity index (χ4n) is 2.34. The van der Waals surface area contributed by atoms with Crippen molar-refractivity contribution in [1.82, 2.24) is 30.4 Å². The van der Waals surface area contributed by atoms with Crippen LogP contribution in [0, 0.1) is 0 Å². The first-order valence-corrected chi connectivity index (χ1v) is 6.61. The van der Waals surface area contributed by atoms with Gasteiger partial charge in [0.15, 0.2) is 0 Å². The van der Waals surface area contributed by atoms with E-state index in [4.69, 9.17) is 0 Å². The molecule has 0 radical (unpaired) electrons. The molecule has 0 spiro atoms. The number of rotatable bonds is 2. The first-order chi connectivity index (χ1) is 9.75. The van der Waals surface area contributed by atoms with Crippen molar-refractivity contribution in [2.75, 3.05) is 19.6 Å². The zero-order chi connectivity index (χ0) is 13.9. The summed E-state index contributed by atoms with van der Waals surface area (Å²) in [4.78, 5) is 14.4. The lowest BCUT2D eigenvalue weighted by atomic mass is 10.1. The van der Waals surface area contributed by atoms with Gasteiger partial charge in [-0.15, -0.1) is 17.5 Å². The SMILES string of the molecule is CC1CNCCN1C(=O)c1ccc(-n2cnnn2)cc1.Cl. The summed E-state index contributed by atoms with van der Waals surface area (Å²) in [6.07, 6.45) is 1.52. The summed E-state index contributed by atoms with van der Waals surface area (Å²) >= 11 is 0. The third-order valence-corrected chi connectivity index (χ3v) is 3.49. The van der Waals surface area contributed by atoms with Crippen LogP contribution >= 0.6 is 12.4 Å². The molecule has 7 nitrogen and oxygen atoms in total. The average Bonchev–Trinajstić information content (AvgIpc) is 3.01. The number of carbonyl (C=O) groups excluding carboxylic acids is 1. The minimum Gasteiger partial charge on any atom is -0.333 e. The molecular weight excluding hydrogens is 292 g/mol. The van der Waals surface area contributed by atoms with E-state index in [1.807, 2.05) is 29.2 Å². The largest absolute Gasteiger partial charge is 0.333 e. The summed E-state index contributed by atoms with van der Waals surface area (Å²) in [5.41, 5.74) is 1.52. The molecular formula is C13H17ClN6O. The Bertz CT molecular complexity index is 585. The smallest absolute Gasteiger partial charge is 0.254 e. The molecule has 1 atom stereocenters. The molecule has 0 saturated carbocycles. The maximum atomic E-state index is 12.5. The molecule has 2 aromatic rings. The fourth-order valence-corrected chi connectivity index (χ4v) is 2.34. The van der Waals surface area contributed by atoms with Crippen molar-refractivity contribution >= 4 is 18.3 Å². The van der Waals surface area contributed by atoms with E-state index in [0.29, 0.717) is 5.56 Å². The number of hydrogen-bond donors (Lipinski definition) is 1. The summed E-state index contributed by atoms with van der Waals surface area (Å²) in [7, 11) is 0. The lowest BCUT2D eigenvalue weighted by Gasteiger charge is -2.34. The molecule has 1 saturated heterocycles. The van der Waals surface area contributed by atoms with Gasteiger partial charge in [-0.3, -0.25) is 4.79 Å². The van der Waals surface area contributed by atoms with Gasteiger partial charge in [-0.1, -0.05) is 0 Å². The molecule has 3 rings (SSSR count). The van der Waals surface area contributed by atoms with Crippen molar-refractivity contribution in [3.8, 4) is 5.69 Å². The highest BCUT2D eigenvalue weighted by molar-refractivity contribution is 5.94. The van der Waals surface area contributed by atoms with Gasteiger partial charge in [0.2, 0.25) is 0 Å². The third kappa shape index (κ3) is 3.20. The Kier molecular flexibility index (Phi) is 4.87. The van der Waals surface area contributed by atoms with Crippen molar-refractivity contribution in [2.45, 2.75) is 13.0 Å². The second-order valence-electron chi connectivity index (χ2n) is 4.85. The number of benzene rings is 1. The number of piperazine rings is 1. The van der Waals surface area contributed by atoms with Crippen molar-refractivity contribution in [3.63, 3.8) is 0 Å². The van der Waals surface area contributed by atoms with E-state index in [0.717, 1.165) is 25.3 Å². The van der Waals surface area contributed by atoms with Crippen LogP contribution in [0.2, 0.25) is 0 Å². The van der Waals surface area contributed by atoms with Crippen molar-refractivity contribution in [1.29, 1.82) is 0 Å². The van der Waals surface area contributed by atoms with Crippen LogP contribution in [0.15, 0.2) is 30.6 Å². The van der Waals surface area contributed by atoms with Crippen LogP contribution in [0.1, 0.15) is 17.3 Å². The number of aromatic nitrogens is 4. The quantitative estimate of drug-likeness (QED) is 0.875. The maximum Gasteiger partial charge on any atom is 0.254 e. The van der Waals surface area contributed by atoms with E-state index >= 15 is 0 Å². The molecule has 1 aromatic carbocycles. The van der Waals surface area contributed by atoms with Crippen molar-refractivity contribution in [2.24, 2.45) is 0 Å². The Morgan fingerprint density at radius 1 is 1.33 bits per heavy atom. The molecule has 1 unspecified atom stereocenters. The summed E-state index contributed by atoms with van der Waals surface area (Å²) < 4.78 is 1.56. The molecule has 1 N–H and O–H groups in total. The number of halogens is 1. The molecule has 0 aliphatic carbocycles. The number of tetrazole rings is 1. The van der Waals surface area contributed by atoms with Gasteiger partial charge in [-0.05, 0) is 41.6 Å². The van der Waals surface area contributed by atoms with Gasteiger partial charge in [0, 0.05) is 31.2 Å². The standard InChI is InChI=1S/C13H16N6O.ClH/c1-10-8-14-6-7-18(10)13(20)11-2-4-12(5-3-11)19-9-15-16-17-19;/h2-5,9-10,14H,6-8H2,1H3;1H. The second kappa shape index (κ2) is 6.64. The van der Waals surface area contributed by atoms with E-state index in [1.54, 1.807) is 4.68 Å². The van der Waals surface area contributed by atoms with Crippen LogP contribution < -0.4 is 5.32 Å². The molecule has 1 fully saturated rings.